The van der Waals surface area contributed by atoms with E-state index in [1.807, 2.05) is 0 Å². The number of nitrogens with one attached hydrogen (secondary N) is 1. The highest BCUT2D eigenvalue weighted by atomic mass is 19.4. The Kier molecular flexibility index (Phi) is 5.26. The highest BCUT2D eigenvalue weighted by Gasteiger charge is 2.34. The molecule has 1 aromatic rings. The number of hydrogen-bond donors (Lipinski definition) is 1. The van der Waals surface area contributed by atoms with E-state index in [1.165, 1.54) is 11.9 Å². The molecule has 0 aliphatic rings. The van der Waals surface area contributed by atoms with Crippen molar-refractivity contribution in [2.45, 2.75) is 12.6 Å². The number of halogens is 3. The van der Waals surface area contributed by atoms with E-state index >= 15 is 0 Å². The molecule has 0 fully saturated rings. The molecule has 0 unspecified atom stereocenters. The van der Waals surface area contributed by atoms with Gasteiger partial charge in [-0.05, 0) is 26.1 Å². The number of aromatic nitrogens is 1. The fourth-order valence-electron chi connectivity index (χ4n) is 1.65. The van der Waals surface area contributed by atoms with E-state index in [2.05, 4.69) is 10.3 Å². The van der Waals surface area contributed by atoms with E-state index < -0.39 is 22.5 Å². The smallest absolute Gasteiger partial charge is 0.369 e. The topological polar surface area (TPSA) is 71.3 Å². The molecule has 6 nitrogen and oxygen atoms in total. The summed E-state index contributed by atoms with van der Waals surface area (Å²) in [7, 11) is 3.26. The Morgan fingerprint density at radius 1 is 1.50 bits per heavy atom. The molecule has 0 bridgehead atoms. The van der Waals surface area contributed by atoms with E-state index in [4.69, 9.17) is 0 Å². The third-order valence-corrected chi connectivity index (χ3v) is 2.68. The fraction of sp³-hybridized carbons (Fsp3) is 0.545. The minimum atomic E-state index is -4.63. The van der Waals surface area contributed by atoms with Gasteiger partial charge in [-0.2, -0.15) is 13.2 Å². The third-order valence-electron chi connectivity index (χ3n) is 2.68. The highest BCUT2D eigenvalue weighted by molar-refractivity contribution is 5.62. The summed E-state index contributed by atoms with van der Waals surface area (Å²) in [5, 5.41) is 13.8. The Morgan fingerprint density at radius 3 is 2.65 bits per heavy atom. The molecule has 0 saturated carbocycles. The predicted molar refractivity (Wildman–Crippen MR) is 67.7 cm³/mol. The first-order valence-electron chi connectivity index (χ1n) is 5.84. The molecule has 112 valence electrons. The number of rotatable bonds is 6. The zero-order valence-corrected chi connectivity index (χ0v) is 11.1. The lowest BCUT2D eigenvalue weighted by atomic mass is 10.2. The van der Waals surface area contributed by atoms with Crippen molar-refractivity contribution in [3.8, 4) is 0 Å². The number of anilines is 1. The summed E-state index contributed by atoms with van der Waals surface area (Å²) in [4.78, 5) is 14.7. The van der Waals surface area contributed by atoms with E-state index in [1.54, 1.807) is 7.05 Å². The minimum Gasteiger partial charge on any atom is -0.369 e. The van der Waals surface area contributed by atoms with Gasteiger partial charge in [-0.3, -0.25) is 10.1 Å². The lowest BCUT2D eigenvalue weighted by molar-refractivity contribution is -0.384. The van der Waals surface area contributed by atoms with Crippen LogP contribution in [0.5, 0.6) is 0 Å². The summed E-state index contributed by atoms with van der Waals surface area (Å²) in [5.41, 5.74) is -1.67. The van der Waals surface area contributed by atoms with Gasteiger partial charge in [0.1, 0.15) is 17.6 Å². The monoisotopic (exact) mass is 292 g/mol. The first-order valence-corrected chi connectivity index (χ1v) is 5.84. The second-order valence-electron chi connectivity index (χ2n) is 4.19. The zero-order chi connectivity index (χ0) is 15.3. The lowest BCUT2D eigenvalue weighted by Crippen LogP contribution is -2.24. The summed E-state index contributed by atoms with van der Waals surface area (Å²) >= 11 is 0. The van der Waals surface area contributed by atoms with Crippen LogP contribution in [0.1, 0.15) is 12.1 Å². The van der Waals surface area contributed by atoms with Crippen molar-refractivity contribution in [2.75, 3.05) is 32.1 Å². The Morgan fingerprint density at radius 2 is 2.15 bits per heavy atom. The second kappa shape index (κ2) is 6.51. The van der Waals surface area contributed by atoms with Crippen LogP contribution in [0.4, 0.5) is 24.5 Å². The molecule has 0 aliphatic heterocycles. The number of nitro groups is 1. The maximum Gasteiger partial charge on any atom is 0.433 e. The molecule has 0 saturated heterocycles. The van der Waals surface area contributed by atoms with Crippen LogP contribution in [-0.4, -0.2) is 37.1 Å². The van der Waals surface area contributed by atoms with Gasteiger partial charge in [-0.25, -0.2) is 4.98 Å². The van der Waals surface area contributed by atoms with Gasteiger partial charge in [0, 0.05) is 13.6 Å². The van der Waals surface area contributed by atoms with Crippen molar-refractivity contribution in [2.24, 2.45) is 0 Å². The predicted octanol–water partition coefficient (Wildman–Crippen LogP) is 2.05. The average molecular weight is 292 g/mol. The quantitative estimate of drug-likeness (QED) is 0.493. The van der Waals surface area contributed by atoms with Crippen molar-refractivity contribution in [1.29, 1.82) is 0 Å². The molecule has 1 rings (SSSR count). The SMILES string of the molecule is CNCCCN(C)c1cc(C(F)(F)F)ncc1[N+](=O)[O-]. The summed E-state index contributed by atoms with van der Waals surface area (Å²) in [5.74, 6) is 0. The third kappa shape index (κ3) is 4.05. The zero-order valence-electron chi connectivity index (χ0n) is 11.1. The van der Waals surface area contributed by atoms with Crippen LogP contribution < -0.4 is 10.2 Å². The lowest BCUT2D eigenvalue weighted by Gasteiger charge is -2.20. The minimum absolute atomic E-state index is 0.0894. The summed E-state index contributed by atoms with van der Waals surface area (Å²) in [6, 6.07) is 0.706. The molecular weight excluding hydrogens is 277 g/mol. The molecule has 1 heterocycles. The Labute approximate surface area is 113 Å². The molecule has 20 heavy (non-hydrogen) atoms. The molecule has 0 aliphatic carbocycles. The Hall–Kier alpha value is -1.90. The van der Waals surface area contributed by atoms with Gasteiger partial charge in [0.25, 0.3) is 0 Å². The highest BCUT2D eigenvalue weighted by Crippen LogP contribution is 2.34. The molecule has 1 aromatic heterocycles. The molecule has 0 atom stereocenters. The summed E-state index contributed by atoms with van der Waals surface area (Å²) < 4.78 is 37.8. The summed E-state index contributed by atoms with van der Waals surface area (Å²) in [6.07, 6.45) is -3.34. The first kappa shape index (κ1) is 16.2. The van der Waals surface area contributed by atoms with Crippen molar-refractivity contribution in [1.82, 2.24) is 10.3 Å². The van der Waals surface area contributed by atoms with E-state index in [-0.39, 0.29) is 5.69 Å². The normalized spacial score (nSPS) is 11.4. The van der Waals surface area contributed by atoms with Gasteiger partial charge < -0.3 is 10.2 Å². The van der Waals surface area contributed by atoms with E-state index in [0.29, 0.717) is 31.8 Å². The van der Waals surface area contributed by atoms with Gasteiger partial charge in [0.15, 0.2) is 0 Å². The molecule has 0 aromatic carbocycles. The van der Waals surface area contributed by atoms with Crippen LogP contribution in [0.3, 0.4) is 0 Å². The van der Waals surface area contributed by atoms with Gasteiger partial charge in [0.2, 0.25) is 0 Å². The maximum absolute atomic E-state index is 12.6. The summed E-state index contributed by atoms with van der Waals surface area (Å²) in [6.45, 7) is 1.05. The van der Waals surface area contributed by atoms with Gasteiger partial charge in [-0.1, -0.05) is 0 Å². The first-order chi connectivity index (χ1) is 9.27. The number of alkyl halides is 3. The molecule has 0 spiro atoms. The van der Waals surface area contributed by atoms with Crippen LogP contribution in [0.15, 0.2) is 12.3 Å². The standard InChI is InChI=1S/C11H15F3N4O2/c1-15-4-3-5-17(2)8-6-10(11(12,13)14)16-7-9(8)18(19)20/h6-7,15H,3-5H2,1-2H3. The van der Waals surface area contributed by atoms with Crippen LogP contribution >= 0.6 is 0 Å². The molecule has 1 N–H and O–H groups in total. The average Bonchev–Trinajstić information content (AvgIpc) is 2.37. The van der Waals surface area contributed by atoms with Crippen molar-refractivity contribution >= 4 is 11.4 Å². The van der Waals surface area contributed by atoms with Crippen molar-refractivity contribution in [3.05, 3.63) is 28.1 Å². The molecular formula is C11H15F3N4O2. The van der Waals surface area contributed by atoms with Crippen LogP contribution in [0.2, 0.25) is 0 Å². The van der Waals surface area contributed by atoms with Gasteiger partial charge in [0.05, 0.1) is 4.92 Å². The van der Waals surface area contributed by atoms with Crippen LogP contribution in [0, 0.1) is 10.1 Å². The van der Waals surface area contributed by atoms with E-state index in [9.17, 15) is 23.3 Å². The van der Waals surface area contributed by atoms with Crippen molar-refractivity contribution in [3.63, 3.8) is 0 Å². The molecule has 0 amide bonds. The van der Waals surface area contributed by atoms with E-state index in [0.717, 1.165) is 0 Å². The molecule has 9 heteroatoms. The van der Waals surface area contributed by atoms with Crippen molar-refractivity contribution < 1.29 is 18.1 Å². The fourth-order valence-corrected chi connectivity index (χ4v) is 1.65. The second-order valence-corrected chi connectivity index (χ2v) is 4.19. The number of pyridine rings is 1. The van der Waals surface area contributed by atoms with Crippen LogP contribution in [-0.2, 0) is 6.18 Å². The Balaban J connectivity index is 3.08. The van der Waals surface area contributed by atoms with Crippen LogP contribution in [0.25, 0.3) is 0 Å². The van der Waals surface area contributed by atoms with Gasteiger partial charge in [-0.15, -0.1) is 0 Å². The Bertz CT molecular complexity index is 479. The maximum atomic E-state index is 12.6. The van der Waals surface area contributed by atoms with Gasteiger partial charge >= 0.3 is 11.9 Å². The number of nitrogens with zero attached hydrogens (tertiary/aromatic N) is 3. The molecule has 0 radical (unpaired) electrons. The number of hydrogen-bond acceptors (Lipinski definition) is 5. The largest absolute Gasteiger partial charge is 0.433 e.